The fourth-order valence-corrected chi connectivity index (χ4v) is 5.84. The Morgan fingerprint density at radius 3 is 2.46 bits per heavy atom. The van der Waals surface area contributed by atoms with Crippen LogP contribution in [0.2, 0.25) is 0 Å². The van der Waals surface area contributed by atoms with E-state index < -0.39 is 0 Å². The van der Waals surface area contributed by atoms with E-state index in [2.05, 4.69) is 15.5 Å². The number of urea groups is 1. The van der Waals surface area contributed by atoms with Gasteiger partial charge in [-0.25, -0.2) is 4.79 Å². The van der Waals surface area contributed by atoms with Gasteiger partial charge in [0.25, 0.3) is 11.8 Å². The molecule has 2 fully saturated rings. The van der Waals surface area contributed by atoms with Gasteiger partial charge < -0.3 is 25.3 Å². The number of hydrogen-bond acceptors (Lipinski definition) is 5. The average Bonchev–Trinajstić information content (AvgIpc) is 3.35. The lowest BCUT2D eigenvalue weighted by molar-refractivity contribution is 0.0773. The molecule has 2 N–H and O–H groups in total. The Balaban J connectivity index is 1.50. The van der Waals surface area contributed by atoms with Crippen molar-refractivity contribution in [2.45, 2.75) is 58.4 Å². The van der Waals surface area contributed by atoms with Gasteiger partial charge in [0.15, 0.2) is 0 Å². The van der Waals surface area contributed by atoms with Crippen molar-refractivity contribution >= 4 is 40.6 Å². The second kappa shape index (κ2) is 12.9. The summed E-state index contributed by atoms with van der Waals surface area (Å²) in [6, 6.07) is 9.52. The number of nitrogens with zero attached hydrogens (tertiary/aromatic N) is 3. The molecule has 1 aromatic heterocycles. The molecule has 2 aromatic rings. The predicted molar refractivity (Wildman–Crippen MR) is 150 cm³/mol. The van der Waals surface area contributed by atoms with Crippen molar-refractivity contribution in [1.82, 2.24) is 15.1 Å². The molecule has 200 valence electrons. The number of rotatable bonds is 7. The normalized spacial score (nSPS) is 16.7. The molecule has 0 radical (unpaired) electrons. The molecule has 1 aliphatic carbocycles. The molecule has 1 aliphatic heterocycles. The number of carbonyl (C=O) groups is 3. The number of benzene rings is 1. The van der Waals surface area contributed by atoms with Gasteiger partial charge in [0.1, 0.15) is 0 Å². The molecule has 1 aromatic carbocycles. The Hall–Kier alpha value is -3.07. The molecule has 0 unspecified atom stereocenters. The van der Waals surface area contributed by atoms with Crippen LogP contribution in [0.1, 0.15) is 72.4 Å². The summed E-state index contributed by atoms with van der Waals surface area (Å²) in [6.45, 7) is 7.86. The molecule has 4 rings (SSSR count). The van der Waals surface area contributed by atoms with Crippen molar-refractivity contribution in [1.29, 1.82) is 0 Å². The monoisotopic (exact) mass is 525 g/mol. The van der Waals surface area contributed by atoms with Gasteiger partial charge in [-0.1, -0.05) is 25.3 Å². The Bertz CT molecular complexity index is 1060. The van der Waals surface area contributed by atoms with Crippen molar-refractivity contribution in [3.05, 3.63) is 46.2 Å². The summed E-state index contributed by atoms with van der Waals surface area (Å²) >= 11 is 1.38. The van der Waals surface area contributed by atoms with Crippen LogP contribution < -0.4 is 15.5 Å². The minimum Gasteiger partial charge on any atom is -0.369 e. The summed E-state index contributed by atoms with van der Waals surface area (Å²) in [6.07, 6.45) is 6.59. The maximum absolute atomic E-state index is 13.5. The summed E-state index contributed by atoms with van der Waals surface area (Å²) in [5.41, 5.74) is 2.02. The largest absolute Gasteiger partial charge is 0.369 e. The van der Waals surface area contributed by atoms with E-state index >= 15 is 0 Å². The Morgan fingerprint density at radius 2 is 1.76 bits per heavy atom. The highest BCUT2D eigenvalue weighted by Gasteiger charge is 2.26. The molecular formula is C28H39N5O3S. The summed E-state index contributed by atoms with van der Waals surface area (Å²) in [4.78, 5) is 45.6. The Morgan fingerprint density at radius 1 is 0.973 bits per heavy atom. The molecule has 2 aliphatic rings. The Labute approximate surface area is 224 Å². The standard InChI is InChI=1S/C28H39N5O3S/c1-3-31(4-2)27(35)23-20-22(29-26(34)25-12-8-19-37-25)13-14-24(23)32-15-9-16-33(18-17-32)28(36)30-21-10-6-5-7-11-21/h8,12-14,19-21H,3-7,9-11,15-18H2,1-2H3,(H,29,34)(H,30,36). The molecule has 0 spiro atoms. The molecule has 0 bridgehead atoms. The fraction of sp³-hybridized carbons (Fsp3) is 0.536. The van der Waals surface area contributed by atoms with Crippen molar-refractivity contribution in [2.75, 3.05) is 49.5 Å². The van der Waals surface area contributed by atoms with Crippen LogP contribution in [0.25, 0.3) is 0 Å². The van der Waals surface area contributed by atoms with E-state index in [-0.39, 0.29) is 23.9 Å². The predicted octanol–water partition coefficient (Wildman–Crippen LogP) is 5.04. The molecule has 4 amide bonds. The van der Waals surface area contributed by atoms with E-state index in [4.69, 9.17) is 0 Å². The molecular weight excluding hydrogens is 486 g/mol. The summed E-state index contributed by atoms with van der Waals surface area (Å²) < 4.78 is 0. The van der Waals surface area contributed by atoms with Crippen LogP contribution >= 0.6 is 11.3 Å². The quantitative estimate of drug-likeness (QED) is 0.531. The number of carbonyl (C=O) groups excluding carboxylic acids is 3. The second-order valence-electron chi connectivity index (χ2n) is 9.75. The number of anilines is 2. The third-order valence-corrected chi connectivity index (χ3v) is 8.21. The SMILES string of the molecule is CCN(CC)C(=O)c1cc(NC(=O)c2cccs2)ccc1N1CCCN(C(=O)NC2CCCCC2)CC1. The zero-order valence-electron chi connectivity index (χ0n) is 22.0. The van der Waals surface area contributed by atoms with Crippen LogP contribution in [0.3, 0.4) is 0 Å². The highest BCUT2D eigenvalue weighted by Crippen LogP contribution is 2.28. The number of amides is 4. The van der Waals surface area contributed by atoms with E-state index in [1.165, 1.54) is 30.6 Å². The molecule has 2 heterocycles. The molecule has 1 saturated heterocycles. The number of hydrogen-bond donors (Lipinski definition) is 2. The lowest BCUT2D eigenvalue weighted by Crippen LogP contribution is -2.46. The fourth-order valence-electron chi connectivity index (χ4n) is 5.22. The molecule has 9 heteroatoms. The van der Waals surface area contributed by atoms with Crippen molar-refractivity contribution in [3.8, 4) is 0 Å². The van der Waals surface area contributed by atoms with Gasteiger partial charge in [0.05, 0.1) is 10.4 Å². The molecule has 0 atom stereocenters. The maximum atomic E-state index is 13.5. The van der Waals surface area contributed by atoms with Crippen LogP contribution in [-0.2, 0) is 0 Å². The van der Waals surface area contributed by atoms with Crippen LogP contribution in [0.5, 0.6) is 0 Å². The van der Waals surface area contributed by atoms with Gasteiger partial charge in [-0.3, -0.25) is 9.59 Å². The van der Waals surface area contributed by atoms with E-state index in [0.29, 0.717) is 48.9 Å². The summed E-state index contributed by atoms with van der Waals surface area (Å²) in [5, 5.41) is 8.04. The molecule has 1 saturated carbocycles. The van der Waals surface area contributed by atoms with Gasteiger partial charge in [0, 0.05) is 56.7 Å². The van der Waals surface area contributed by atoms with E-state index in [1.807, 2.05) is 42.3 Å². The van der Waals surface area contributed by atoms with E-state index in [1.54, 1.807) is 17.0 Å². The smallest absolute Gasteiger partial charge is 0.317 e. The molecule has 37 heavy (non-hydrogen) atoms. The lowest BCUT2D eigenvalue weighted by atomic mass is 9.96. The van der Waals surface area contributed by atoms with Crippen LogP contribution in [-0.4, -0.2) is 73.0 Å². The third kappa shape index (κ3) is 6.83. The van der Waals surface area contributed by atoms with Crippen molar-refractivity contribution in [3.63, 3.8) is 0 Å². The van der Waals surface area contributed by atoms with Gasteiger partial charge in [-0.2, -0.15) is 0 Å². The Kier molecular flexibility index (Phi) is 9.44. The second-order valence-corrected chi connectivity index (χ2v) is 10.7. The first-order chi connectivity index (χ1) is 18.0. The summed E-state index contributed by atoms with van der Waals surface area (Å²) in [7, 11) is 0. The van der Waals surface area contributed by atoms with Gasteiger partial charge in [-0.05, 0) is 62.8 Å². The van der Waals surface area contributed by atoms with E-state index in [9.17, 15) is 14.4 Å². The maximum Gasteiger partial charge on any atom is 0.317 e. The van der Waals surface area contributed by atoms with E-state index in [0.717, 1.165) is 31.5 Å². The van der Waals surface area contributed by atoms with Gasteiger partial charge in [0.2, 0.25) is 0 Å². The zero-order chi connectivity index (χ0) is 26.2. The minimum absolute atomic E-state index is 0.0276. The first kappa shape index (κ1) is 27.0. The summed E-state index contributed by atoms with van der Waals surface area (Å²) in [5.74, 6) is -0.234. The van der Waals surface area contributed by atoms with Crippen LogP contribution in [0, 0.1) is 0 Å². The highest BCUT2D eigenvalue weighted by molar-refractivity contribution is 7.12. The number of thiophene rings is 1. The van der Waals surface area contributed by atoms with Crippen molar-refractivity contribution < 1.29 is 14.4 Å². The molecule has 8 nitrogen and oxygen atoms in total. The first-order valence-electron chi connectivity index (χ1n) is 13.6. The zero-order valence-corrected chi connectivity index (χ0v) is 22.8. The van der Waals surface area contributed by atoms with Gasteiger partial charge in [-0.15, -0.1) is 11.3 Å². The lowest BCUT2D eigenvalue weighted by Gasteiger charge is -2.29. The third-order valence-electron chi connectivity index (χ3n) is 7.34. The van der Waals surface area contributed by atoms with Crippen LogP contribution in [0.4, 0.5) is 16.2 Å². The highest BCUT2D eigenvalue weighted by atomic mass is 32.1. The minimum atomic E-state index is -0.182. The number of nitrogens with one attached hydrogen (secondary N) is 2. The first-order valence-corrected chi connectivity index (χ1v) is 14.5. The average molecular weight is 526 g/mol. The van der Waals surface area contributed by atoms with Crippen LogP contribution in [0.15, 0.2) is 35.7 Å². The van der Waals surface area contributed by atoms with Crippen molar-refractivity contribution in [2.24, 2.45) is 0 Å². The topological polar surface area (TPSA) is 85.0 Å². The van der Waals surface area contributed by atoms with Gasteiger partial charge >= 0.3 is 6.03 Å².